The zero-order valence-electron chi connectivity index (χ0n) is 11.5. The quantitative estimate of drug-likeness (QED) is 0.887. The number of piperidine rings is 1. The van der Waals surface area contributed by atoms with Crippen molar-refractivity contribution in [3.8, 4) is 0 Å². The molecule has 0 aliphatic carbocycles. The SMILES string of the molecule is O=C1CN(CC(=O)N2CCCCC2)Nc2ccccc21. The van der Waals surface area contributed by atoms with Crippen LogP contribution in [-0.2, 0) is 4.79 Å². The molecule has 5 heteroatoms. The number of amides is 1. The molecule has 1 fully saturated rings. The number of benzene rings is 1. The Kier molecular flexibility index (Phi) is 3.69. The molecule has 3 rings (SSSR count). The topological polar surface area (TPSA) is 52.7 Å². The smallest absolute Gasteiger partial charge is 0.238 e. The molecular weight excluding hydrogens is 254 g/mol. The van der Waals surface area contributed by atoms with Crippen LogP contribution in [0.1, 0.15) is 29.6 Å². The number of likely N-dealkylation sites (tertiary alicyclic amines) is 1. The van der Waals surface area contributed by atoms with E-state index >= 15 is 0 Å². The largest absolute Gasteiger partial charge is 0.342 e. The molecule has 2 aliphatic rings. The normalized spacial score (nSPS) is 19.4. The predicted molar refractivity (Wildman–Crippen MR) is 76.4 cm³/mol. The summed E-state index contributed by atoms with van der Waals surface area (Å²) in [6.07, 6.45) is 3.37. The Morgan fingerprint density at radius 3 is 2.70 bits per heavy atom. The standard InChI is InChI=1S/C15H19N3O2/c19-14-10-18(16-13-7-3-2-6-12(13)14)11-15(20)17-8-4-1-5-9-17/h2-3,6-7,16H,1,4-5,8-11H2. The van der Waals surface area contributed by atoms with Crippen molar-refractivity contribution in [2.75, 3.05) is 31.6 Å². The Labute approximate surface area is 118 Å². The van der Waals surface area contributed by atoms with Crippen LogP contribution in [0.25, 0.3) is 0 Å². The number of hydrogen-bond donors (Lipinski definition) is 1. The van der Waals surface area contributed by atoms with Crippen LogP contribution in [0.3, 0.4) is 0 Å². The molecule has 0 radical (unpaired) electrons. The molecule has 2 aliphatic heterocycles. The summed E-state index contributed by atoms with van der Waals surface area (Å²) in [5.41, 5.74) is 4.65. The molecule has 1 saturated heterocycles. The maximum Gasteiger partial charge on any atom is 0.238 e. The number of para-hydroxylation sites is 1. The van der Waals surface area contributed by atoms with E-state index in [0.29, 0.717) is 5.56 Å². The summed E-state index contributed by atoms with van der Waals surface area (Å²) in [6.45, 7) is 2.19. The molecule has 0 spiro atoms. The lowest BCUT2D eigenvalue weighted by molar-refractivity contribution is -0.132. The highest BCUT2D eigenvalue weighted by molar-refractivity contribution is 6.04. The molecule has 1 amide bonds. The molecule has 5 nitrogen and oxygen atoms in total. The van der Waals surface area contributed by atoms with Crippen molar-refractivity contribution in [1.82, 2.24) is 9.91 Å². The predicted octanol–water partition coefficient (Wildman–Crippen LogP) is 1.52. The minimum absolute atomic E-state index is 0.0609. The number of nitrogens with one attached hydrogen (secondary N) is 1. The summed E-state index contributed by atoms with van der Waals surface area (Å²) in [5.74, 6) is 0.162. The maximum absolute atomic E-state index is 12.2. The van der Waals surface area contributed by atoms with Gasteiger partial charge in [-0.05, 0) is 31.4 Å². The first-order chi connectivity index (χ1) is 9.74. The van der Waals surface area contributed by atoms with E-state index in [1.54, 1.807) is 5.01 Å². The van der Waals surface area contributed by atoms with Gasteiger partial charge in [0.2, 0.25) is 5.91 Å². The van der Waals surface area contributed by atoms with Gasteiger partial charge < -0.3 is 10.3 Å². The number of carbonyl (C=O) groups is 2. The summed E-state index contributed by atoms with van der Waals surface area (Å²) in [6, 6.07) is 7.42. The van der Waals surface area contributed by atoms with Crippen molar-refractivity contribution in [2.45, 2.75) is 19.3 Å². The fraction of sp³-hybridized carbons (Fsp3) is 0.467. The second kappa shape index (κ2) is 5.63. The van der Waals surface area contributed by atoms with Crippen LogP contribution in [0.2, 0.25) is 0 Å². The van der Waals surface area contributed by atoms with Gasteiger partial charge in [0, 0.05) is 18.7 Å². The van der Waals surface area contributed by atoms with Crippen molar-refractivity contribution in [1.29, 1.82) is 0 Å². The number of hydrazine groups is 1. The third kappa shape index (κ3) is 2.67. The van der Waals surface area contributed by atoms with Gasteiger partial charge in [-0.3, -0.25) is 9.59 Å². The molecule has 2 heterocycles. The first-order valence-corrected chi connectivity index (χ1v) is 7.15. The Hall–Kier alpha value is -1.88. The van der Waals surface area contributed by atoms with Gasteiger partial charge in [-0.15, -0.1) is 0 Å². The van der Waals surface area contributed by atoms with Crippen LogP contribution in [0.4, 0.5) is 5.69 Å². The molecule has 106 valence electrons. The second-order valence-corrected chi connectivity index (χ2v) is 5.38. The summed E-state index contributed by atoms with van der Waals surface area (Å²) < 4.78 is 0. The number of nitrogens with zero attached hydrogens (tertiary/aromatic N) is 2. The van der Waals surface area contributed by atoms with Crippen molar-refractivity contribution in [3.63, 3.8) is 0 Å². The lowest BCUT2D eigenvalue weighted by atomic mass is 10.1. The number of fused-ring (bicyclic) bond motifs is 1. The van der Waals surface area contributed by atoms with E-state index < -0.39 is 0 Å². The summed E-state index contributed by atoms with van der Waals surface area (Å²) in [4.78, 5) is 26.2. The molecule has 0 saturated carbocycles. The lowest BCUT2D eigenvalue weighted by Gasteiger charge is -2.32. The van der Waals surface area contributed by atoms with Crippen molar-refractivity contribution in [2.24, 2.45) is 0 Å². The minimum Gasteiger partial charge on any atom is -0.342 e. The summed E-state index contributed by atoms with van der Waals surface area (Å²) in [7, 11) is 0. The Morgan fingerprint density at radius 1 is 1.15 bits per heavy atom. The van der Waals surface area contributed by atoms with Crippen molar-refractivity contribution >= 4 is 17.4 Å². The third-order valence-corrected chi connectivity index (χ3v) is 3.88. The molecular formula is C15H19N3O2. The average molecular weight is 273 g/mol. The molecule has 1 aromatic carbocycles. The highest BCUT2D eigenvalue weighted by Crippen LogP contribution is 2.21. The first-order valence-electron chi connectivity index (χ1n) is 7.15. The second-order valence-electron chi connectivity index (χ2n) is 5.38. The van der Waals surface area contributed by atoms with E-state index in [0.717, 1.165) is 31.6 Å². The number of hydrogen-bond acceptors (Lipinski definition) is 4. The number of Topliss-reactive ketones (excluding diaryl/α,β-unsaturated/α-hetero) is 1. The Bertz CT molecular complexity index is 524. The highest BCUT2D eigenvalue weighted by Gasteiger charge is 2.25. The van der Waals surface area contributed by atoms with Crippen molar-refractivity contribution in [3.05, 3.63) is 29.8 Å². The Morgan fingerprint density at radius 2 is 1.90 bits per heavy atom. The van der Waals surface area contributed by atoms with Crippen LogP contribution in [0.15, 0.2) is 24.3 Å². The molecule has 20 heavy (non-hydrogen) atoms. The number of rotatable bonds is 2. The van der Waals surface area contributed by atoms with Crippen molar-refractivity contribution < 1.29 is 9.59 Å². The van der Waals surface area contributed by atoms with Gasteiger partial charge in [-0.25, -0.2) is 5.01 Å². The van der Waals surface area contributed by atoms with E-state index in [-0.39, 0.29) is 24.8 Å². The van der Waals surface area contributed by atoms with Crippen LogP contribution >= 0.6 is 0 Å². The molecule has 1 aromatic rings. The van der Waals surface area contributed by atoms with Crippen LogP contribution in [0.5, 0.6) is 0 Å². The van der Waals surface area contributed by atoms with E-state index in [1.165, 1.54) is 6.42 Å². The van der Waals surface area contributed by atoms with E-state index in [1.807, 2.05) is 29.2 Å². The number of carbonyl (C=O) groups excluding carboxylic acids is 2. The minimum atomic E-state index is 0.0609. The van der Waals surface area contributed by atoms with Gasteiger partial charge in [0.25, 0.3) is 0 Å². The summed E-state index contributed by atoms with van der Waals surface area (Å²) in [5, 5.41) is 1.71. The maximum atomic E-state index is 12.2. The molecule has 0 aromatic heterocycles. The van der Waals surface area contributed by atoms with Gasteiger partial charge >= 0.3 is 0 Å². The first kappa shape index (κ1) is 13.1. The average Bonchev–Trinajstić information content (AvgIpc) is 2.48. The Balaban J connectivity index is 1.65. The molecule has 1 N–H and O–H groups in total. The number of ketones is 1. The zero-order valence-corrected chi connectivity index (χ0v) is 11.5. The highest BCUT2D eigenvalue weighted by atomic mass is 16.2. The molecule has 0 unspecified atom stereocenters. The van der Waals surface area contributed by atoms with Crippen LogP contribution < -0.4 is 5.43 Å². The monoisotopic (exact) mass is 273 g/mol. The molecule has 0 bridgehead atoms. The third-order valence-electron chi connectivity index (χ3n) is 3.88. The van der Waals surface area contributed by atoms with Gasteiger partial charge in [0.1, 0.15) is 0 Å². The van der Waals surface area contributed by atoms with Gasteiger partial charge in [-0.1, -0.05) is 12.1 Å². The lowest BCUT2D eigenvalue weighted by Crippen LogP contribution is -2.47. The van der Waals surface area contributed by atoms with Gasteiger partial charge in [0.15, 0.2) is 5.78 Å². The van der Waals surface area contributed by atoms with Crippen LogP contribution in [0, 0.1) is 0 Å². The van der Waals surface area contributed by atoms with Gasteiger partial charge in [0.05, 0.1) is 18.8 Å². The summed E-state index contributed by atoms with van der Waals surface area (Å²) >= 11 is 0. The van der Waals surface area contributed by atoms with E-state index in [9.17, 15) is 9.59 Å². The van der Waals surface area contributed by atoms with Gasteiger partial charge in [-0.2, -0.15) is 0 Å². The zero-order chi connectivity index (χ0) is 13.9. The van der Waals surface area contributed by atoms with E-state index in [2.05, 4.69) is 5.43 Å². The fourth-order valence-corrected chi connectivity index (χ4v) is 2.79. The number of anilines is 1. The van der Waals surface area contributed by atoms with Crippen LogP contribution in [-0.4, -0.2) is 47.8 Å². The molecule has 0 atom stereocenters. The van der Waals surface area contributed by atoms with E-state index in [4.69, 9.17) is 0 Å². The fourth-order valence-electron chi connectivity index (χ4n) is 2.79.